The average Bonchev–Trinajstić information content (AvgIpc) is 2.98. The van der Waals surface area contributed by atoms with Crippen LogP contribution in [0.1, 0.15) is 47.8 Å². The van der Waals surface area contributed by atoms with Crippen LogP contribution in [-0.2, 0) is 6.54 Å². The van der Waals surface area contributed by atoms with Crippen LogP contribution in [0.25, 0.3) is 16.6 Å². The van der Waals surface area contributed by atoms with E-state index >= 15 is 0 Å². The molecule has 4 nitrogen and oxygen atoms in total. The number of carbonyl (C=O) groups excluding carboxylic acids is 1. The number of ketones is 1. The fourth-order valence-electron chi connectivity index (χ4n) is 4.42. The van der Waals surface area contributed by atoms with E-state index in [1.165, 1.54) is 19.3 Å². The van der Waals surface area contributed by atoms with E-state index in [1.807, 2.05) is 37.3 Å². The molecule has 1 aliphatic heterocycles. The third-order valence-corrected chi connectivity index (χ3v) is 6.25. The number of aromatic hydroxyl groups is 1. The molecule has 1 saturated heterocycles. The van der Waals surface area contributed by atoms with Gasteiger partial charge in [-0.05, 0) is 76.2 Å². The van der Waals surface area contributed by atoms with E-state index < -0.39 is 0 Å². The summed E-state index contributed by atoms with van der Waals surface area (Å²) in [5.41, 5.74) is 4.46. The van der Waals surface area contributed by atoms with Crippen LogP contribution in [0.4, 0.5) is 0 Å². The second-order valence-electron chi connectivity index (χ2n) is 7.62. The van der Waals surface area contributed by atoms with E-state index in [4.69, 9.17) is 0 Å². The van der Waals surface area contributed by atoms with E-state index in [2.05, 4.69) is 25.4 Å². The van der Waals surface area contributed by atoms with Crippen molar-refractivity contribution in [3.63, 3.8) is 0 Å². The summed E-state index contributed by atoms with van der Waals surface area (Å²) < 4.78 is 3.14. The highest BCUT2D eigenvalue weighted by atomic mass is 79.9. The lowest BCUT2D eigenvalue weighted by Gasteiger charge is -2.27. The van der Waals surface area contributed by atoms with Crippen LogP contribution in [0.5, 0.6) is 5.75 Å². The van der Waals surface area contributed by atoms with Crippen molar-refractivity contribution in [3.8, 4) is 11.4 Å². The maximum Gasteiger partial charge on any atom is 0.162 e. The van der Waals surface area contributed by atoms with E-state index in [0.717, 1.165) is 45.4 Å². The molecule has 2 heterocycles. The molecule has 0 unspecified atom stereocenters. The highest BCUT2D eigenvalue weighted by Gasteiger charge is 2.24. The lowest BCUT2D eigenvalue weighted by molar-refractivity contribution is 0.101. The minimum Gasteiger partial charge on any atom is -0.508 e. The molecule has 1 aliphatic rings. The zero-order chi connectivity index (χ0) is 19.8. The Balaban J connectivity index is 1.95. The van der Waals surface area contributed by atoms with Gasteiger partial charge in [0.2, 0.25) is 0 Å². The summed E-state index contributed by atoms with van der Waals surface area (Å²) >= 11 is 3.49. The first-order valence-electron chi connectivity index (χ1n) is 9.82. The summed E-state index contributed by atoms with van der Waals surface area (Å²) in [5.74, 6) is 0.303. The molecule has 4 rings (SSSR count). The number of Topliss-reactive ketones (excluding diaryl/α,β-unsaturated/α-hetero) is 1. The first kappa shape index (κ1) is 19.2. The summed E-state index contributed by atoms with van der Waals surface area (Å²) in [6.45, 7) is 6.35. The number of fused-ring (bicyclic) bond motifs is 1. The summed E-state index contributed by atoms with van der Waals surface area (Å²) in [6.07, 6.45) is 3.65. The molecule has 0 atom stereocenters. The fourth-order valence-corrected chi connectivity index (χ4v) is 4.68. The number of hydrogen-bond acceptors (Lipinski definition) is 3. The second-order valence-corrected chi connectivity index (χ2v) is 8.54. The Morgan fingerprint density at radius 1 is 1.07 bits per heavy atom. The molecule has 146 valence electrons. The Morgan fingerprint density at radius 3 is 2.39 bits per heavy atom. The maximum atomic E-state index is 12.6. The molecule has 5 heteroatoms. The molecule has 1 fully saturated rings. The van der Waals surface area contributed by atoms with Gasteiger partial charge in [0.15, 0.2) is 5.78 Å². The molecule has 2 aromatic carbocycles. The zero-order valence-corrected chi connectivity index (χ0v) is 17.9. The summed E-state index contributed by atoms with van der Waals surface area (Å²) in [4.78, 5) is 15.0. The SMILES string of the molecule is CC(=O)c1c(C)n(-c2ccc(Br)cc2)c2ccc(O)c(CN3CCCCC3)c12. The van der Waals surface area contributed by atoms with E-state index in [0.29, 0.717) is 12.1 Å². The molecule has 1 aromatic heterocycles. The van der Waals surface area contributed by atoms with Crippen LogP contribution in [0.15, 0.2) is 40.9 Å². The number of nitrogens with zero attached hydrogens (tertiary/aromatic N) is 2. The quantitative estimate of drug-likeness (QED) is 0.537. The monoisotopic (exact) mass is 440 g/mol. The van der Waals surface area contributed by atoms with Crippen molar-refractivity contribution in [2.24, 2.45) is 0 Å². The summed E-state index contributed by atoms with van der Waals surface area (Å²) in [7, 11) is 0. The van der Waals surface area contributed by atoms with Crippen LogP contribution in [0, 0.1) is 6.92 Å². The topological polar surface area (TPSA) is 45.5 Å². The van der Waals surface area contributed by atoms with E-state index in [9.17, 15) is 9.90 Å². The molecular formula is C23H25BrN2O2. The van der Waals surface area contributed by atoms with Gasteiger partial charge in [0, 0.05) is 38.9 Å². The minimum absolute atomic E-state index is 0.0313. The number of aromatic nitrogens is 1. The van der Waals surface area contributed by atoms with Gasteiger partial charge in [-0.3, -0.25) is 9.69 Å². The van der Waals surface area contributed by atoms with Crippen LogP contribution in [0.2, 0.25) is 0 Å². The van der Waals surface area contributed by atoms with Crippen molar-refractivity contribution in [3.05, 3.63) is 57.7 Å². The van der Waals surface area contributed by atoms with Crippen LogP contribution < -0.4 is 0 Å². The molecule has 0 saturated carbocycles. The number of likely N-dealkylation sites (tertiary alicyclic amines) is 1. The smallest absolute Gasteiger partial charge is 0.162 e. The largest absolute Gasteiger partial charge is 0.508 e. The normalized spacial score (nSPS) is 15.2. The molecule has 0 radical (unpaired) electrons. The third-order valence-electron chi connectivity index (χ3n) is 5.72. The third kappa shape index (κ3) is 3.38. The molecular weight excluding hydrogens is 416 g/mol. The lowest BCUT2D eigenvalue weighted by atomic mass is 10.00. The highest BCUT2D eigenvalue weighted by molar-refractivity contribution is 9.10. The van der Waals surface area contributed by atoms with E-state index in [1.54, 1.807) is 13.0 Å². The molecule has 0 bridgehead atoms. The number of halogens is 1. The van der Waals surface area contributed by atoms with Gasteiger partial charge in [-0.1, -0.05) is 22.4 Å². The van der Waals surface area contributed by atoms with Crippen molar-refractivity contribution in [2.45, 2.75) is 39.7 Å². The van der Waals surface area contributed by atoms with Crippen LogP contribution in [0.3, 0.4) is 0 Å². The number of rotatable bonds is 4. The van der Waals surface area contributed by atoms with Crippen molar-refractivity contribution in [2.75, 3.05) is 13.1 Å². The van der Waals surface area contributed by atoms with Crippen molar-refractivity contribution in [1.29, 1.82) is 0 Å². The Hall–Kier alpha value is -2.11. The number of carbonyl (C=O) groups is 1. The Morgan fingerprint density at radius 2 is 1.75 bits per heavy atom. The van der Waals surface area contributed by atoms with Gasteiger partial charge >= 0.3 is 0 Å². The van der Waals surface area contributed by atoms with E-state index in [-0.39, 0.29) is 11.5 Å². The van der Waals surface area contributed by atoms with Gasteiger partial charge in [0.05, 0.1) is 5.52 Å². The van der Waals surface area contributed by atoms with Crippen molar-refractivity contribution >= 4 is 32.6 Å². The first-order chi connectivity index (χ1) is 13.5. The average molecular weight is 441 g/mol. The van der Waals surface area contributed by atoms with Gasteiger partial charge in [0.25, 0.3) is 0 Å². The molecule has 0 aliphatic carbocycles. The molecule has 0 spiro atoms. The van der Waals surface area contributed by atoms with Crippen molar-refractivity contribution < 1.29 is 9.90 Å². The van der Waals surface area contributed by atoms with Gasteiger partial charge in [0.1, 0.15) is 5.75 Å². The fraction of sp³-hybridized carbons (Fsp3) is 0.348. The number of hydrogen-bond donors (Lipinski definition) is 1. The lowest BCUT2D eigenvalue weighted by Crippen LogP contribution is -2.29. The molecule has 3 aromatic rings. The van der Waals surface area contributed by atoms with Crippen LogP contribution >= 0.6 is 15.9 Å². The molecule has 28 heavy (non-hydrogen) atoms. The number of benzene rings is 2. The van der Waals surface area contributed by atoms with Gasteiger partial charge in [-0.15, -0.1) is 0 Å². The first-order valence-corrected chi connectivity index (χ1v) is 10.6. The Labute approximate surface area is 173 Å². The van der Waals surface area contributed by atoms with Gasteiger partial charge in [-0.2, -0.15) is 0 Å². The number of phenolic OH excluding ortho intramolecular Hbond substituents is 1. The number of piperidine rings is 1. The highest BCUT2D eigenvalue weighted by Crippen LogP contribution is 2.37. The standard InChI is InChI=1S/C23H25BrN2O2/c1-15-22(16(2)27)23-19(14-25-12-4-3-5-13-25)21(28)11-10-20(23)26(15)18-8-6-17(24)7-9-18/h6-11,28H,3-5,12-14H2,1-2H3. The molecule has 1 N–H and O–H groups in total. The summed E-state index contributed by atoms with van der Waals surface area (Å²) in [6, 6.07) is 11.8. The predicted molar refractivity (Wildman–Crippen MR) is 117 cm³/mol. The predicted octanol–water partition coefficient (Wildman–Crippen LogP) is 5.60. The maximum absolute atomic E-state index is 12.6. The number of phenols is 1. The Kier molecular flexibility index (Phi) is 5.30. The summed E-state index contributed by atoms with van der Waals surface area (Å²) in [5, 5.41) is 11.6. The minimum atomic E-state index is 0.0313. The second kappa shape index (κ2) is 7.72. The molecule has 0 amide bonds. The van der Waals surface area contributed by atoms with Crippen LogP contribution in [-0.4, -0.2) is 33.4 Å². The van der Waals surface area contributed by atoms with Gasteiger partial charge in [-0.25, -0.2) is 0 Å². The van der Waals surface area contributed by atoms with Gasteiger partial charge < -0.3 is 9.67 Å². The zero-order valence-electron chi connectivity index (χ0n) is 16.3. The Bertz CT molecular complexity index is 1030. The van der Waals surface area contributed by atoms with Crippen molar-refractivity contribution in [1.82, 2.24) is 9.47 Å².